The van der Waals surface area contributed by atoms with Gasteiger partial charge >= 0.3 is 7.60 Å². The molecule has 2 rings (SSSR count). The quantitative estimate of drug-likeness (QED) is 0.813. The summed E-state index contributed by atoms with van der Waals surface area (Å²) in [5.74, 6) is 0. The van der Waals surface area contributed by atoms with Crippen LogP contribution in [0.3, 0.4) is 0 Å². The Morgan fingerprint density at radius 2 is 2.00 bits per heavy atom. The number of fused-ring (bicyclic) bond motifs is 1. The number of para-hydroxylation sites is 1. The molecule has 0 aromatic heterocycles. The SMILES string of the molecule is CC1=Nc2ccccc2C1(C)CCP(=O)(O)O. The molecule has 0 aliphatic carbocycles. The van der Waals surface area contributed by atoms with Crippen molar-refractivity contribution in [3.05, 3.63) is 29.8 Å². The van der Waals surface area contributed by atoms with Crippen molar-refractivity contribution in [2.24, 2.45) is 4.99 Å². The summed E-state index contributed by atoms with van der Waals surface area (Å²) in [4.78, 5) is 22.5. The maximum absolute atomic E-state index is 11.0. The first-order valence-electron chi connectivity index (χ1n) is 5.53. The largest absolute Gasteiger partial charge is 0.325 e. The van der Waals surface area contributed by atoms with E-state index in [-0.39, 0.29) is 11.6 Å². The van der Waals surface area contributed by atoms with Crippen LogP contribution in [0.5, 0.6) is 0 Å². The van der Waals surface area contributed by atoms with E-state index >= 15 is 0 Å². The number of hydrogen-bond donors (Lipinski definition) is 2. The fourth-order valence-corrected chi connectivity index (χ4v) is 2.96. The Labute approximate surface area is 101 Å². The van der Waals surface area contributed by atoms with Crippen molar-refractivity contribution in [1.29, 1.82) is 0 Å². The van der Waals surface area contributed by atoms with Crippen LogP contribution in [0.4, 0.5) is 5.69 Å². The Bertz CT molecular complexity index is 520. The van der Waals surface area contributed by atoms with Gasteiger partial charge in [0, 0.05) is 11.1 Å². The lowest BCUT2D eigenvalue weighted by Crippen LogP contribution is -2.28. The minimum atomic E-state index is -3.95. The number of nitrogens with zero attached hydrogens (tertiary/aromatic N) is 1. The van der Waals surface area contributed by atoms with Gasteiger partial charge in [-0.25, -0.2) is 0 Å². The molecule has 0 saturated heterocycles. The molecule has 0 radical (unpaired) electrons. The summed E-state index contributed by atoms with van der Waals surface area (Å²) in [5, 5.41) is 0. The molecule has 1 aromatic carbocycles. The summed E-state index contributed by atoms with van der Waals surface area (Å²) < 4.78 is 11.0. The van der Waals surface area contributed by atoms with Crippen LogP contribution >= 0.6 is 7.60 Å². The van der Waals surface area contributed by atoms with E-state index in [2.05, 4.69) is 4.99 Å². The van der Waals surface area contributed by atoms with Crippen LogP contribution in [0.15, 0.2) is 29.3 Å². The van der Waals surface area contributed by atoms with Crippen molar-refractivity contribution < 1.29 is 14.4 Å². The standard InChI is InChI=1S/C12H16NO3P/c1-9-12(2,7-8-17(14,15)16)10-5-3-4-6-11(10)13-9/h3-6H,7-8H2,1-2H3,(H2,14,15,16). The first-order chi connectivity index (χ1) is 7.83. The van der Waals surface area contributed by atoms with Crippen molar-refractivity contribution in [1.82, 2.24) is 0 Å². The molecule has 0 amide bonds. The van der Waals surface area contributed by atoms with Crippen molar-refractivity contribution in [3.8, 4) is 0 Å². The molecule has 1 atom stereocenters. The molecule has 92 valence electrons. The van der Waals surface area contributed by atoms with Gasteiger partial charge in [-0.05, 0) is 25.0 Å². The van der Waals surface area contributed by atoms with E-state index < -0.39 is 7.60 Å². The summed E-state index contributed by atoms with van der Waals surface area (Å²) in [6.45, 7) is 3.91. The third kappa shape index (κ3) is 2.34. The zero-order chi connectivity index (χ0) is 12.7. The van der Waals surface area contributed by atoms with E-state index in [1.54, 1.807) is 0 Å². The van der Waals surface area contributed by atoms with E-state index in [9.17, 15) is 4.57 Å². The molecule has 1 heterocycles. The highest BCUT2D eigenvalue weighted by Gasteiger charge is 2.37. The molecular weight excluding hydrogens is 237 g/mol. The van der Waals surface area contributed by atoms with E-state index in [1.807, 2.05) is 38.1 Å². The normalized spacial score (nSPS) is 23.4. The average molecular weight is 253 g/mol. The van der Waals surface area contributed by atoms with Crippen LogP contribution in [0.25, 0.3) is 0 Å². The third-order valence-electron chi connectivity index (χ3n) is 3.49. The first kappa shape index (κ1) is 12.5. The average Bonchev–Trinajstić information content (AvgIpc) is 2.49. The zero-order valence-electron chi connectivity index (χ0n) is 9.92. The fourth-order valence-electron chi connectivity index (χ4n) is 2.22. The topological polar surface area (TPSA) is 69.9 Å². The van der Waals surface area contributed by atoms with E-state index in [4.69, 9.17) is 9.79 Å². The van der Waals surface area contributed by atoms with E-state index in [1.165, 1.54) is 0 Å². The highest BCUT2D eigenvalue weighted by Crippen LogP contribution is 2.46. The predicted molar refractivity (Wildman–Crippen MR) is 68.1 cm³/mol. The van der Waals surface area contributed by atoms with Gasteiger partial charge in [0.05, 0.1) is 11.8 Å². The van der Waals surface area contributed by atoms with Crippen LogP contribution < -0.4 is 0 Å². The summed E-state index contributed by atoms with van der Waals surface area (Å²) in [7, 11) is -3.95. The summed E-state index contributed by atoms with van der Waals surface area (Å²) in [6.07, 6.45) is 0.314. The molecule has 4 nitrogen and oxygen atoms in total. The van der Waals surface area contributed by atoms with Crippen molar-refractivity contribution in [3.63, 3.8) is 0 Å². The lowest BCUT2D eigenvalue weighted by Gasteiger charge is -2.26. The zero-order valence-corrected chi connectivity index (χ0v) is 10.8. The second-order valence-electron chi connectivity index (χ2n) is 4.68. The molecule has 0 spiro atoms. The molecule has 5 heteroatoms. The van der Waals surface area contributed by atoms with Gasteiger partial charge in [-0.3, -0.25) is 9.56 Å². The van der Waals surface area contributed by atoms with Crippen molar-refractivity contribution >= 4 is 19.0 Å². The second kappa shape index (κ2) is 4.05. The Morgan fingerprint density at radius 3 is 2.65 bits per heavy atom. The molecule has 2 N–H and O–H groups in total. The maximum Gasteiger partial charge on any atom is 0.325 e. The lowest BCUT2D eigenvalue weighted by molar-refractivity contribution is 0.368. The molecule has 1 aromatic rings. The van der Waals surface area contributed by atoms with Gasteiger partial charge in [0.15, 0.2) is 0 Å². The second-order valence-corrected chi connectivity index (χ2v) is 6.46. The summed E-state index contributed by atoms with van der Waals surface area (Å²) in [6, 6.07) is 7.77. The molecule has 0 fully saturated rings. The van der Waals surface area contributed by atoms with Crippen LogP contribution in [0.2, 0.25) is 0 Å². The van der Waals surface area contributed by atoms with Gasteiger partial charge in [-0.15, -0.1) is 0 Å². The lowest BCUT2D eigenvalue weighted by atomic mass is 9.78. The summed E-state index contributed by atoms with van der Waals surface area (Å²) in [5.41, 5.74) is 2.55. The number of hydrogen-bond acceptors (Lipinski definition) is 2. The number of rotatable bonds is 3. The Morgan fingerprint density at radius 1 is 1.35 bits per heavy atom. The van der Waals surface area contributed by atoms with E-state index in [0.717, 1.165) is 17.0 Å². The predicted octanol–water partition coefficient (Wildman–Crippen LogP) is 2.62. The number of aliphatic imine (C=N–C) groups is 1. The molecule has 1 unspecified atom stereocenters. The maximum atomic E-state index is 11.0. The highest BCUT2D eigenvalue weighted by molar-refractivity contribution is 7.51. The van der Waals surface area contributed by atoms with Gasteiger partial charge < -0.3 is 9.79 Å². The Kier molecular flexibility index (Phi) is 2.98. The minimum absolute atomic E-state index is 0.106. The van der Waals surface area contributed by atoms with E-state index in [0.29, 0.717) is 6.42 Å². The van der Waals surface area contributed by atoms with Crippen molar-refractivity contribution in [2.45, 2.75) is 25.7 Å². The smallest absolute Gasteiger partial charge is 0.324 e. The van der Waals surface area contributed by atoms with Gasteiger partial charge in [0.25, 0.3) is 0 Å². The van der Waals surface area contributed by atoms with Crippen LogP contribution in [-0.2, 0) is 9.98 Å². The minimum Gasteiger partial charge on any atom is -0.324 e. The van der Waals surface area contributed by atoms with Crippen molar-refractivity contribution in [2.75, 3.05) is 6.16 Å². The van der Waals surface area contributed by atoms with Gasteiger partial charge in [-0.2, -0.15) is 0 Å². The monoisotopic (exact) mass is 253 g/mol. The molecule has 1 aliphatic heterocycles. The molecule has 0 bridgehead atoms. The van der Waals surface area contributed by atoms with Gasteiger partial charge in [0.2, 0.25) is 0 Å². The molecular formula is C12H16NO3P. The first-order valence-corrected chi connectivity index (χ1v) is 7.32. The molecule has 1 aliphatic rings. The van der Waals surface area contributed by atoms with Crippen LogP contribution in [-0.4, -0.2) is 21.7 Å². The third-order valence-corrected chi connectivity index (χ3v) is 4.29. The van der Waals surface area contributed by atoms with Crippen LogP contribution in [0, 0.1) is 0 Å². The molecule has 0 saturated carbocycles. The molecule has 17 heavy (non-hydrogen) atoms. The summed E-state index contributed by atoms with van der Waals surface area (Å²) >= 11 is 0. The Hall–Kier alpha value is -0.960. The highest BCUT2D eigenvalue weighted by atomic mass is 31.2. The van der Waals surface area contributed by atoms with Crippen LogP contribution in [0.1, 0.15) is 25.8 Å². The number of benzene rings is 1. The van der Waals surface area contributed by atoms with Gasteiger partial charge in [-0.1, -0.05) is 25.1 Å². The van der Waals surface area contributed by atoms with Gasteiger partial charge in [0.1, 0.15) is 0 Å². The Balaban J connectivity index is 2.32. The fraction of sp³-hybridized carbons (Fsp3) is 0.417.